The van der Waals surface area contributed by atoms with Crippen molar-refractivity contribution in [2.24, 2.45) is 5.73 Å². The highest BCUT2D eigenvalue weighted by Gasteiger charge is 2.35. The van der Waals surface area contributed by atoms with Crippen LogP contribution in [0.3, 0.4) is 0 Å². The van der Waals surface area contributed by atoms with Crippen molar-refractivity contribution < 1.29 is 0 Å². The Balaban J connectivity index is 0.000000500. The van der Waals surface area contributed by atoms with Gasteiger partial charge in [0.2, 0.25) is 0 Å². The molecule has 0 radical (unpaired) electrons. The van der Waals surface area contributed by atoms with Gasteiger partial charge in [0.25, 0.3) is 0 Å². The first-order chi connectivity index (χ1) is 4.38. The molecule has 2 nitrogen and oxygen atoms in total. The molecule has 4 heteroatoms. The quantitative estimate of drug-likeness (QED) is 0.702. The highest BCUT2D eigenvalue weighted by molar-refractivity contribution is 7.09. The Kier molecular flexibility index (Phi) is 2.28. The zero-order chi connectivity index (χ0) is 6.27. The number of nitrogens with zero attached hydrogens (tertiary/aromatic N) is 1. The lowest BCUT2D eigenvalue weighted by molar-refractivity contribution is 1.00. The van der Waals surface area contributed by atoms with Gasteiger partial charge in [0.1, 0.15) is 0 Å². The fourth-order valence-corrected chi connectivity index (χ4v) is 1.76. The van der Waals surface area contributed by atoms with Gasteiger partial charge in [0.05, 0.1) is 5.51 Å². The molecular formula is C6H9ClN2S. The second-order valence-electron chi connectivity index (χ2n) is 2.41. The Morgan fingerprint density at radius 1 is 1.70 bits per heavy atom. The highest BCUT2D eigenvalue weighted by Crippen LogP contribution is 2.40. The molecule has 56 valence electrons. The van der Waals surface area contributed by atoms with Crippen LogP contribution in [0.1, 0.15) is 17.2 Å². The second-order valence-corrected chi connectivity index (χ2v) is 3.33. The maximum atomic E-state index is 5.64. The predicted molar refractivity (Wildman–Crippen MR) is 44.7 cm³/mol. The van der Waals surface area contributed by atoms with Gasteiger partial charge in [0.15, 0.2) is 0 Å². The van der Waals surface area contributed by atoms with Crippen molar-refractivity contribution in [2.45, 2.75) is 18.4 Å². The van der Waals surface area contributed by atoms with Crippen LogP contribution in [0, 0.1) is 0 Å². The van der Waals surface area contributed by atoms with E-state index in [0.717, 1.165) is 6.42 Å². The molecule has 1 fully saturated rings. The van der Waals surface area contributed by atoms with Crippen LogP contribution >= 0.6 is 23.7 Å². The summed E-state index contributed by atoms with van der Waals surface area (Å²) in [5.74, 6) is 0.637. The lowest BCUT2D eigenvalue weighted by Gasteiger charge is -1.84. The van der Waals surface area contributed by atoms with E-state index in [4.69, 9.17) is 5.73 Å². The molecule has 1 aliphatic rings. The number of thiazole rings is 1. The van der Waals surface area contributed by atoms with Crippen LogP contribution in [0.2, 0.25) is 0 Å². The monoisotopic (exact) mass is 176 g/mol. The van der Waals surface area contributed by atoms with E-state index in [1.807, 2.05) is 11.7 Å². The molecule has 10 heavy (non-hydrogen) atoms. The molecule has 1 saturated carbocycles. The van der Waals surface area contributed by atoms with E-state index in [9.17, 15) is 0 Å². The summed E-state index contributed by atoms with van der Waals surface area (Å²) in [5, 5.41) is 0. The van der Waals surface area contributed by atoms with E-state index < -0.39 is 0 Å². The third kappa shape index (κ3) is 1.31. The van der Waals surface area contributed by atoms with Crippen LogP contribution in [-0.4, -0.2) is 11.0 Å². The van der Waals surface area contributed by atoms with E-state index in [1.165, 1.54) is 4.88 Å². The van der Waals surface area contributed by atoms with Crippen molar-refractivity contribution in [3.63, 3.8) is 0 Å². The van der Waals surface area contributed by atoms with E-state index >= 15 is 0 Å². The number of nitrogens with two attached hydrogens (primary N) is 1. The summed E-state index contributed by atoms with van der Waals surface area (Å²) >= 11 is 1.71. The smallest absolute Gasteiger partial charge is 0.0794 e. The highest BCUT2D eigenvalue weighted by atomic mass is 35.5. The zero-order valence-electron chi connectivity index (χ0n) is 5.36. The largest absolute Gasteiger partial charge is 0.327 e. The first-order valence-corrected chi connectivity index (χ1v) is 3.90. The maximum absolute atomic E-state index is 5.64. The van der Waals surface area contributed by atoms with Gasteiger partial charge in [-0.05, 0) is 6.42 Å². The third-order valence-electron chi connectivity index (χ3n) is 1.66. The normalized spacial score (nSPS) is 29.3. The van der Waals surface area contributed by atoms with Crippen LogP contribution in [0.25, 0.3) is 0 Å². The molecule has 0 bridgehead atoms. The van der Waals surface area contributed by atoms with Crippen LogP contribution in [0.15, 0.2) is 11.7 Å². The molecule has 1 heterocycles. The van der Waals surface area contributed by atoms with E-state index in [2.05, 4.69) is 4.98 Å². The van der Waals surface area contributed by atoms with Crippen LogP contribution in [-0.2, 0) is 0 Å². The van der Waals surface area contributed by atoms with Crippen molar-refractivity contribution in [1.29, 1.82) is 0 Å². The minimum atomic E-state index is 0. The summed E-state index contributed by atoms with van der Waals surface area (Å²) in [6.07, 6.45) is 3.07. The molecule has 0 saturated heterocycles. The summed E-state index contributed by atoms with van der Waals surface area (Å²) in [6, 6.07) is 0.422. The van der Waals surface area contributed by atoms with Gasteiger partial charge in [-0.3, -0.25) is 4.98 Å². The summed E-state index contributed by atoms with van der Waals surface area (Å²) in [6.45, 7) is 0. The number of rotatable bonds is 1. The van der Waals surface area contributed by atoms with Crippen molar-refractivity contribution in [3.8, 4) is 0 Å². The van der Waals surface area contributed by atoms with E-state index in [-0.39, 0.29) is 12.4 Å². The van der Waals surface area contributed by atoms with E-state index in [1.54, 1.807) is 11.3 Å². The minimum Gasteiger partial charge on any atom is -0.327 e. The second kappa shape index (κ2) is 2.86. The summed E-state index contributed by atoms with van der Waals surface area (Å²) in [5.41, 5.74) is 7.50. The van der Waals surface area contributed by atoms with Crippen molar-refractivity contribution >= 4 is 23.7 Å². The Hall–Kier alpha value is -0.120. The predicted octanol–water partition coefficient (Wildman–Crippen LogP) is 1.38. The number of aromatic nitrogens is 1. The van der Waals surface area contributed by atoms with Crippen molar-refractivity contribution in [2.75, 3.05) is 0 Å². The average Bonchev–Trinajstić information content (AvgIpc) is 2.44. The molecule has 2 atom stereocenters. The topological polar surface area (TPSA) is 38.9 Å². The van der Waals surface area contributed by atoms with E-state index in [0.29, 0.717) is 12.0 Å². The van der Waals surface area contributed by atoms with Gasteiger partial charge in [-0.15, -0.1) is 23.7 Å². The molecule has 1 aromatic heterocycles. The molecule has 2 unspecified atom stereocenters. The first-order valence-electron chi connectivity index (χ1n) is 3.02. The van der Waals surface area contributed by atoms with Crippen molar-refractivity contribution in [1.82, 2.24) is 4.98 Å². The Morgan fingerprint density at radius 3 is 2.80 bits per heavy atom. The molecule has 0 aliphatic heterocycles. The molecule has 0 aromatic carbocycles. The van der Waals surface area contributed by atoms with Crippen LogP contribution < -0.4 is 5.73 Å². The Labute approximate surface area is 69.9 Å². The minimum absolute atomic E-state index is 0. The Morgan fingerprint density at radius 2 is 2.40 bits per heavy atom. The van der Waals surface area contributed by atoms with Gasteiger partial charge in [-0.1, -0.05) is 0 Å². The summed E-state index contributed by atoms with van der Waals surface area (Å²) in [7, 11) is 0. The fraction of sp³-hybridized carbons (Fsp3) is 0.500. The van der Waals surface area contributed by atoms with Gasteiger partial charge >= 0.3 is 0 Å². The number of hydrogen-bond donors (Lipinski definition) is 1. The lowest BCUT2D eigenvalue weighted by atomic mass is 10.4. The molecule has 2 N–H and O–H groups in total. The van der Waals surface area contributed by atoms with Crippen LogP contribution in [0.5, 0.6) is 0 Å². The third-order valence-corrected chi connectivity index (χ3v) is 2.56. The number of hydrogen-bond acceptors (Lipinski definition) is 3. The molecule has 2 rings (SSSR count). The first kappa shape index (κ1) is 7.98. The van der Waals surface area contributed by atoms with Gasteiger partial charge in [-0.25, -0.2) is 0 Å². The zero-order valence-corrected chi connectivity index (χ0v) is 6.99. The van der Waals surface area contributed by atoms with Crippen LogP contribution in [0.4, 0.5) is 0 Å². The van der Waals surface area contributed by atoms with Crippen molar-refractivity contribution in [3.05, 3.63) is 16.6 Å². The molecular weight excluding hydrogens is 168 g/mol. The Bertz CT molecular complexity index is 200. The maximum Gasteiger partial charge on any atom is 0.0794 e. The SMILES string of the molecule is Cl.NC1CC1c1cncs1. The standard InChI is InChI=1S/C6H8N2S.ClH/c7-5-1-4(5)6-2-8-3-9-6;/h2-5H,1,7H2;1H. The molecule has 1 aliphatic carbocycles. The average molecular weight is 177 g/mol. The molecule has 0 spiro atoms. The molecule has 0 amide bonds. The summed E-state index contributed by atoms with van der Waals surface area (Å²) < 4.78 is 0. The van der Waals surface area contributed by atoms with Gasteiger partial charge in [0, 0.05) is 23.0 Å². The lowest BCUT2D eigenvalue weighted by Crippen LogP contribution is -1.99. The number of halogens is 1. The molecule has 1 aromatic rings. The van der Waals surface area contributed by atoms with Gasteiger partial charge < -0.3 is 5.73 Å². The van der Waals surface area contributed by atoms with Gasteiger partial charge in [-0.2, -0.15) is 0 Å². The summed E-state index contributed by atoms with van der Waals surface area (Å²) in [4.78, 5) is 5.33. The fourth-order valence-electron chi connectivity index (χ4n) is 0.951.